The molecule has 0 amide bonds. The van der Waals surface area contributed by atoms with Crippen molar-refractivity contribution in [3.63, 3.8) is 0 Å². The molecule has 4 heteroatoms. The smallest absolute Gasteiger partial charge is 0.305 e. The van der Waals surface area contributed by atoms with Gasteiger partial charge in [-0.3, -0.25) is 14.4 Å². The predicted octanol–water partition coefficient (Wildman–Crippen LogP) is 1.67. The summed E-state index contributed by atoms with van der Waals surface area (Å²) in [6, 6.07) is 0. The van der Waals surface area contributed by atoms with E-state index in [1.807, 2.05) is 6.92 Å². The van der Waals surface area contributed by atoms with Crippen molar-refractivity contribution in [2.75, 3.05) is 0 Å². The number of carboxylic acid groups (broad SMARTS) is 1. The fourth-order valence-electron chi connectivity index (χ4n) is 0.410. The van der Waals surface area contributed by atoms with Crippen molar-refractivity contribution < 1.29 is 19.5 Å². The number of unbranched alkanes of at least 4 members (excludes halogenated alkanes) is 1. The SMILES string of the molecule is CC(C)C(=O)O.CCCCC(=O)C=O. The molecule has 0 aliphatic rings. The van der Waals surface area contributed by atoms with E-state index in [1.165, 1.54) is 0 Å². The van der Waals surface area contributed by atoms with Gasteiger partial charge in [0.25, 0.3) is 0 Å². The van der Waals surface area contributed by atoms with Crippen LogP contribution < -0.4 is 0 Å². The molecule has 0 aromatic heterocycles. The van der Waals surface area contributed by atoms with Crippen molar-refractivity contribution in [2.24, 2.45) is 5.92 Å². The van der Waals surface area contributed by atoms with Crippen LogP contribution in [0.5, 0.6) is 0 Å². The Morgan fingerprint density at radius 2 is 1.79 bits per heavy atom. The van der Waals surface area contributed by atoms with Crippen LogP contribution in [0.4, 0.5) is 0 Å². The normalized spacial score (nSPS) is 8.86. The summed E-state index contributed by atoms with van der Waals surface area (Å²) >= 11 is 0. The van der Waals surface area contributed by atoms with Crippen molar-refractivity contribution >= 4 is 18.0 Å². The third-order valence-electron chi connectivity index (χ3n) is 1.40. The Balaban J connectivity index is 0. The summed E-state index contributed by atoms with van der Waals surface area (Å²) in [4.78, 5) is 29.6. The van der Waals surface area contributed by atoms with E-state index in [1.54, 1.807) is 13.8 Å². The molecule has 0 radical (unpaired) electrons. The maximum absolute atomic E-state index is 10.2. The van der Waals surface area contributed by atoms with E-state index in [9.17, 15) is 14.4 Å². The van der Waals surface area contributed by atoms with E-state index in [0.29, 0.717) is 12.7 Å². The molecule has 0 saturated carbocycles. The summed E-state index contributed by atoms with van der Waals surface area (Å²) in [5.41, 5.74) is 0. The first kappa shape index (κ1) is 15.3. The minimum Gasteiger partial charge on any atom is -0.481 e. The second-order valence-electron chi connectivity index (χ2n) is 3.18. The Labute approximate surface area is 84.3 Å². The summed E-state index contributed by atoms with van der Waals surface area (Å²) < 4.78 is 0. The molecule has 82 valence electrons. The van der Waals surface area contributed by atoms with E-state index in [0.717, 1.165) is 12.8 Å². The molecule has 0 aromatic carbocycles. The third-order valence-corrected chi connectivity index (χ3v) is 1.40. The molecule has 0 saturated heterocycles. The Morgan fingerprint density at radius 1 is 1.36 bits per heavy atom. The van der Waals surface area contributed by atoms with Gasteiger partial charge in [-0.2, -0.15) is 0 Å². The van der Waals surface area contributed by atoms with Crippen LogP contribution in [0.1, 0.15) is 40.0 Å². The van der Waals surface area contributed by atoms with Crippen molar-refractivity contribution in [2.45, 2.75) is 40.0 Å². The molecule has 0 aromatic rings. The zero-order chi connectivity index (χ0) is 11.6. The van der Waals surface area contributed by atoms with Gasteiger partial charge >= 0.3 is 5.97 Å². The Hall–Kier alpha value is -1.19. The molecule has 0 atom stereocenters. The van der Waals surface area contributed by atoms with E-state index >= 15 is 0 Å². The second-order valence-corrected chi connectivity index (χ2v) is 3.18. The van der Waals surface area contributed by atoms with E-state index < -0.39 is 5.97 Å². The van der Waals surface area contributed by atoms with Crippen molar-refractivity contribution in [3.05, 3.63) is 0 Å². The maximum atomic E-state index is 10.2. The molecule has 0 unspecified atom stereocenters. The van der Waals surface area contributed by atoms with Crippen LogP contribution in [0.15, 0.2) is 0 Å². The molecule has 4 nitrogen and oxygen atoms in total. The maximum Gasteiger partial charge on any atom is 0.305 e. The third kappa shape index (κ3) is 13.4. The molecule has 0 aliphatic heterocycles. The number of carboxylic acids is 1. The molecule has 0 aliphatic carbocycles. The van der Waals surface area contributed by atoms with Gasteiger partial charge in [-0.1, -0.05) is 27.2 Å². The average Bonchev–Trinajstić information content (AvgIpc) is 2.14. The minimum atomic E-state index is -0.741. The first-order chi connectivity index (χ1) is 6.45. The van der Waals surface area contributed by atoms with Crippen LogP contribution in [0.3, 0.4) is 0 Å². The highest BCUT2D eigenvalue weighted by Gasteiger charge is 1.99. The molecule has 0 bridgehead atoms. The number of aldehydes is 1. The lowest BCUT2D eigenvalue weighted by Gasteiger charge is -1.89. The van der Waals surface area contributed by atoms with Gasteiger partial charge in [0.2, 0.25) is 0 Å². The first-order valence-corrected chi connectivity index (χ1v) is 4.66. The summed E-state index contributed by atoms with van der Waals surface area (Å²) in [6.45, 7) is 5.27. The lowest BCUT2D eigenvalue weighted by Crippen LogP contribution is -2.03. The number of carbonyl (C=O) groups excluding carboxylic acids is 2. The zero-order valence-electron chi connectivity index (χ0n) is 8.95. The highest BCUT2D eigenvalue weighted by Crippen LogP contribution is 1.92. The number of aliphatic carboxylic acids is 1. The minimum absolute atomic E-state index is 0.231. The number of rotatable bonds is 5. The zero-order valence-corrected chi connectivity index (χ0v) is 8.95. The molecule has 0 spiro atoms. The van der Waals surface area contributed by atoms with Gasteiger partial charge < -0.3 is 5.11 Å². The predicted molar refractivity (Wildman–Crippen MR) is 53.1 cm³/mol. The lowest BCUT2D eigenvalue weighted by molar-refractivity contribution is -0.140. The highest BCUT2D eigenvalue weighted by atomic mass is 16.4. The molecule has 14 heavy (non-hydrogen) atoms. The lowest BCUT2D eigenvalue weighted by atomic mass is 10.2. The highest BCUT2D eigenvalue weighted by molar-refractivity contribution is 6.24. The van der Waals surface area contributed by atoms with E-state index in [-0.39, 0.29) is 11.7 Å². The number of carbonyl (C=O) groups is 3. The molecule has 1 N–H and O–H groups in total. The van der Waals surface area contributed by atoms with Crippen LogP contribution in [-0.4, -0.2) is 23.1 Å². The molecule has 0 rings (SSSR count). The number of Topliss-reactive ketones (excluding diaryl/α,β-unsaturated/α-hetero) is 1. The van der Waals surface area contributed by atoms with Crippen LogP contribution in [-0.2, 0) is 14.4 Å². The molecule has 0 heterocycles. The van der Waals surface area contributed by atoms with Gasteiger partial charge in [-0.05, 0) is 6.42 Å². The Kier molecular flexibility index (Phi) is 10.8. The first-order valence-electron chi connectivity index (χ1n) is 4.66. The number of ketones is 1. The summed E-state index contributed by atoms with van der Waals surface area (Å²) in [5, 5.41) is 7.99. The van der Waals surface area contributed by atoms with Gasteiger partial charge in [0.1, 0.15) is 0 Å². The van der Waals surface area contributed by atoms with Crippen molar-refractivity contribution in [1.82, 2.24) is 0 Å². The van der Waals surface area contributed by atoms with Crippen LogP contribution in [0.25, 0.3) is 0 Å². The number of hydrogen-bond acceptors (Lipinski definition) is 3. The summed E-state index contributed by atoms with van der Waals surface area (Å²) in [5.74, 6) is -1.26. The van der Waals surface area contributed by atoms with Crippen LogP contribution in [0, 0.1) is 5.92 Å². The van der Waals surface area contributed by atoms with Crippen LogP contribution >= 0.6 is 0 Å². The van der Waals surface area contributed by atoms with Crippen molar-refractivity contribution in [1.29, 1.82) is 0 Å². The Bertz CT molecular complexity index is 185. The topological polar surface area (TPSA) is 71.4 Å². The fraction of sp³-hybridized carbons (Fsp3) is 0.700. The molecular weight excluding hydrogens is 184 g/mol. The van der Waals surface area contributed by atoms with Gasteiger partial charge in [-0.25, -0.2) is 0 Å². The fourth-order valence-corrected chi connectivity index (χ4v) is 0.410. The monoisotopic (exact) mass is 202 g/mol. The van der Waals surface area contributed by atoms with E-state index in [4.69, 9.17) is 5.11 Å². The number of hydrogen-bond donors (Lipinski definition) is 1. The van der Waals surface area contributed by atoms with Gasteiger partial charge in [0.05, 0.1) is 5.92 Å². The van der Waals surface area contributed by atoms with Crippen molar-refractivity contribution in [3.8, 4) is 0 Å². The second kappa shape index (κ2) is 9.89. The summed E-state index contributed by atoms with van der Waals surface area (Å²) in [6.07, 6.45) is 2.60. The largest absolute Gasteiger partial charge is 0.481 e. The van der Waals surface area contributed by atoms with Gasteiger partial charge in [-0.15, -0.1) is 0 Å². The van der Waals surface area contributed by atoms with Gasteiger partial charge in [0, 0.05) is 6.42 Å². The molecular formula is C10H18O4. The van der Waals surface area contributed by atoms with Crippen LogP contribution in [0.2, 0.25) is 0 Å². The molecule has 0 fully saturated rings. The quantitative estimate of drug-likeness (QED) is 0.543. The standard InChI is InChI=1S/C6H10O2.C4H8O2/c1-2-3-4-6(8)5-7;1-3(2)4(5)6/h5H,2-4H2,1H3;3H,1-2H3,(H,5,6). The van der Waals surface area contributed by atoms with E-state index in [2.05, 4.69) is 0 Å². The Morgan fingerprint density at radius 3 is 2.00 bits per heavy atom. The average molecular weight is 202 g/mol. The summed E-state index contributed by atoms with van der Waals surface area (Å²) in [7, 11) is 0. The van der Waals surface area contributed by atoms with Gasteiger partial charge in [0.15, 0.2) is 12.1 Å².